The molecule has 2 heterocycles. The second kappa shape index (κ2) is 10.2. The summed E-state index contributed by atoms with van der Waals surface area (Å²) in [6.45, 7) is 2.98. The summed E-state index contributed by atoms with van der Waals surface area (Å²) in [4.78, 5) is 31.8. The summed E-state index contributed by atoms with van der Waals surface area (Å²) in [6.07, 6.45) is 2.21. The first kappa shape index (κ1) is 23.1. The first-order chi connectivity index (χ1) is 16.4. The maximum absolute atomic E-state index is 13.4. The number of amidine groups is 1. The van der Waals surface area contributed by atoms with Crippen molar-refractivity contribution in [2.45, 2.75) is 38.8 Å². The van der Waals surface area contributed by atoms with Crippen LogP contribution in [0.25, 0.3) is 11.0 Å². The molecular formula is C26H27N5O3. The van der Waals surface area contributed by atoms with Gasteiger partial charge in [-0.2, -0.15) is 5.26 Å². The largest absolute Gasteiger partial charge is 0.461 e. The summed E-state index contributed by atoms with van der Waals surface area (Å²) in [5.41, 5.74) is 7.89. The lowest BCUT2D eigenvalue weighted by Gasteiger charge is -2.24. The Kier molecular flexibility index (Phi) is 6.93. The molecule has 34 heavy (non-hydrogen) atoms. The number of aliphatic imine (C=N–C) groups is 1. The number of nitrogens with one attached hydrogen (secondary N) is 1. The van der Waals surface area contributed by atoms with Gasteiger partial charge >= 0.3 is 0 Å². The third kappa shape index (κ3) is 5.26. The second-order valence-electron chi connectivity index (χ2n) is 8.47. The van der Waals surface area contributed by atoms with Gasteiger partial charge in [-0.25, -0.2) is 0 Å². The average molecular weight is 458 g/mol. The van der Waals surface area contributed by atoms with E-state index in [1.165, 1.54) is 0 Å². The van der Waals surface area contributed by atoms with Crippen molar-refractivity contribution in [2.24, 2.45) is 16.6 Å². The molecule has 1 unspecified atom stereocenters. The molecule has 1 aromatic heterocycles. The normalized spacial score (nSPS) is 17.8. The van der Waals surface area contributed by atoms with Crippen molar-refractivity contribution >= 4 is 34.3 Å². The van der Waals surface area contributed by atoms with Gasteiger partial charge in [0.05, 0.1) is 6.07 Å². The molecule has 2 amide bonds. The first-order valence-electron chi connectivity index (χ1n) is 11.3. The van der Waals surface area contributed by atoms with Gasteiger partial charge in [0.1, 0.15) is 23.2 Å². The molecule has 0 saturated carbocycles. The molecule has 0 bridgehead atoms. The molecule has 3 N–H and O–H groups in total. The number of nitrogens with zero attached hydrogens (tertiary/aromatic N) is 3. The number of likely N-dealkylation sites (tertiary alicyclic amines) is 1. The van der Waals surface area contributed by atoms with Gasteiger partial charge in [0.2, 0.25) is 11.8 Å². The van der Waals surface area contributed by atoms with Crippen LogP contribution in [0, 0.1) is 24.2 Å². The number of benzene rings is 2. The Morgan fingerprint density at radius 2 is 2.06 bits per heavy atom. The Morgan fingerprint density at radius 1 is 1.26 bits per heavy atom. The standard InChI is InChI=1S/C26H27N5O3/c1-17-13-19-14-20(10-11-23(19)34-17)29-25(21(15-27)24(28)32)30-22-9-5-6-12-31(26(22)33)16-18-7-3-2-4-8-18/h2-4,7-8,10-11,13-14,21-22H,5-6,9,12,16H2,1H3,(H2,28,32)(H,29,30)/t21?,22-/m0/s1. The minimum atomic E-state index is -1.31. The molecule has 1 aliphatic heterocycles. The Labute approximate surface area is 198 Å². The minimum absolute atomic E-state index is 0.0782. The number of nitrogens with two attached hydrogens (primary N) is 1. The summed E-state index contributed by atoms with van der Waals surface area (Å²) in [5.74, 6) is -1.40. The molecule has 2 atom stereocenters. The van der Waals surface area contributed by atoms with Crippen LogP contribution in [0.1, 0.15) is 30.6 Å². The van der Waals surface area contributed by atoms with Crippen LogP contribution >= 0.6 is 0 Å². The van der Waals surface area contributed by atoms with Gasteiger partial charge in [-0.1, -0.05) is 30.3 Å². The monoisotopic (exact) mass is 457 g/mol. The molecular weight excluding hydrogens is 430 g/mol. The molecule has 174 valence electrons. The summed E-state index contributed by atoms with van der Waals surface area (Å²) in [6, 6.07) is 18.3. The minimum Gasteiger partial charge on any atom is -0.461 e. The SMILES string of the molecule is Cc1cc2cc(NC(=N[C@H]3CCCCN(Cc4ccccc4)C3=O)C(C#N)C(N)=O)ccc2o1. The van der Waals surface area contributed by atoms with E-state index in [2.05, 4.69) is 10.3 Å². The zero-order chi connectivity index (χ0) is 24.1. The van der Waals surface area contributed by atoms with Gasteiger partial charge in [-0.15, -0.1) is 0 Å². The Hall–Kier alpha value is -4.12. The van der Waals surface area contributed by atoms with Crippen molar-refractivity contribution in [1.29, 1.82) is 5.26 Å². The maximum atomic E-state index is 13.4. The zero-order valence-electron chi connectivity index (χ0n) is 19.0. The van der Waals surface area contributed by atoms with Crippen LogP contribution < -0.4 is 11.1 Å². The zero-order valence-corrected chi connectivity index (χ0v) is 19.0. The van der Waals surface area contributed by atoms with Gasteiger partial charge in [0.25, 0.3) is 0 Å². The predicted octanol–water partition coefficient (Wildman–Crippen LogP) is 3.76. The van der Waals surface area contributed by atoms with Crippen LogP contribution in [0.15, 0.2) is 64.0 Å². The fourth-order valence-corrected chi connectivity index (χ4v) is 4.17. The van der Waals surface area contributed by atoms with Crippen LogP contribution in [-0.2, 0) is 16.1 Å². The lowest BCUT2D eigenvalue weighted by molar-refractivity contribution is -0.132. The maximum Gasteiger partial charge on any atom is 0.247 e. The molecule has 3 aromatic rings. The van der Waals surface area contributed by atoms with Crippen molar-refractivity contribution in [3.8, 4) is 6.07 Å². The molecule has 0 aliphatic carbocycles. The number of aryl methyl sites for hydroxylation is 1. The quantitative estimate of drug-likeness (QED) is 0.431. The topological polar surface area (TPSA) is 125 Å². The van der Waals surface area contributed by atoms with Gasteiger partial charge in [0.15, 0.2) is 5.92 Å². The van der Waals surface area contributed by atoms with Crippen molar-refractivity contribution in [3.63, 3.8) is 0 Å². The average Bonchev–Trinajstić information content (AvgIpc) is 3.11. The van der Waals surface area contributed by atoms with Crippen molar-refractivity contribution in [1.82, 2.24) is 4.90 Å². The van der Waals surface area contributed by atoms with Crippen LogP contribution in [0.5, 0.6) is 0 Å². The third-order valence-corrected chi connectivity index (χ3v) is 5.86. The van der Waals surface area contributed by atoms with Crippen LogP contribution in [0.4, 0.5) is 5.69 Å². The highest BCUT2D eigenvalue weighted by atomic mass is 16.3. The van der Waals surface area contributed by atoms with Gasteiger partial charge in [-0.3, -0.25) is 14.6 Å². The number of rotatable bonds is 6. The number of hydrogen-bond acceptors (Lipinski definition) is 5. The number of hydrogen-bond donors (Lipinski definition) is 2. The van der Waals surface area contributed by atoms with E-state index in [-0.39, 0.29) is 11.7 Å². The molecule has 0 spiro atoms. The third-order valence-electron chi connectivity index (χ3n) is 5.86. The summed E-state index contributed by atoms with van der Waals surface area (Å²) < 4.78 is 5.61. The fraction of sp³-hybridized carbons (Fsp3) is 0.308. The Balaban J connectivity index is 1.64. The van der Waals surface area contributed by atoms with E-state index >= 15 is 0 Å². The smallest absolute Gasteiger partial charge is 0.247 e. The number of carbonyl (C=O) groups is 2. The van der Waals surface area contributed by atoms with E-state index in [4.69, 9.17) is 10.2 Å². The second-order valence-corrected chi connectivity index (χ2v) is 8.47. The highest BCUT2D eigenvalue weighted by Gasteiger charge is 2.30. The van der Waals surface area contributed by atoms with E-state index in [1.54, 1.807) is 17.0 Å². The summed E-state index contributed by atoms with van der Waals surface area (Å²) in [7, 11) is 0. The number of primary amides is 1. The van der Waals surface area contributed by atoms with Gasteiger partial charge in [0, 0.05) is 24.2 Å². The van der Waals surface area contributed by atoms with Crippen LogP contribution in [-0.4, -0.2) is 35.1 Å². The molecule has 1 saturated heterocycles. The number of fused-ring (bicyclic) bond motifs is 1. The fourth-order valence-electron chi connectivity index (χ4n) is 4.17. The molecule has 4 rings (SSSR count). The van der Waals surface area contributed by atoms with Gasteiger partial charge < -0.3 is 20.4 Å². The van der Waals surface area contributed by atoms with Crippen LogP contribution in [0.2, 0.25) is 0 Å². The van der Waals surface area contributed by atoms with E-state index in [0.717, 1.165) is 35.1 Å². The molecule has 8 heteroatoms. The molecule has 1 fully saturated rings. The molecule has 0 radical (unpaired) electrons. The summed E-state index contributed by atoms with van der Waals surface area (Å²) >= 11 is 0. The number of nitriles is 1. The Morgan fingerprint density at radius 3 is 2.79 bits per heavy atom. The highest BCUT2D eigenvalue weighted by Crippen LogP contribution is 2.24. The first-order valence-corrected chi connectivity index (χ1v) is 11.3. The van der Waals surface area contributed by atoms with Crippen LogP contribution in [0.3, 0.4) is 0 Å². The van der Waals surface area contributed by atoms with Crippen molar-refractivity contribution in [3.05, 3.63) is 65.9 Å². The number of anilines is 1. The van der Waals surface area contributed by atoms with E-state index in [1.807, 2.05) is 55.5 Å². The molecule has 1 aliphatic rings. The Bertz CT molecular complexity index is 1260. The lowest BCUT2D eigenvalue weighted by atomic mass is 10.1. The van der Waals surface area contributed by atoms with Crippen molar-refractivity contribution < 1.29 is 14.0 Å². The van der Waals surface area contributed by atoms with E-state index in [0.29, 0.717) is 25.2 Å². The lowest BCUT2D eigenvalue weighted by Crippen LogP contribution is -2.39. The number of amides is 2. The molecule has 8 nitrogen and oxygen atoms in total. The highest BCUT2D eigenvalue weighted by molar-refractivity contribution is 6.12. The van der Waals surface area contributed by atoms with E-state index < -0.39 is 17.9 Å². The van der Waals surface area contributed by atoms with Gasteiger partial charge in [-0.05, 0) is 56.0 Å². The van der Waals surface area contributed by atoms with E-state index in [9.17, 15) is 14.9 Å². The summed E-state index contributed by atoms with van der Waals surface area (Å²) in [5, 5.41) is 13.6. The number of furan rings is 1. The molecule has 2 aromatic carbocycles. The van der Waals surface area contributed by atoms with Crippen molar-refractivity contribution in [2.75, 3.05) is 11.9 Å². The predicted molar refractivity (Wildman–Crippen MR) is 130 cm³/mol. The number of carbonyl (C=O) groups excluding carboxylic acids is 2.